The lowest BCUT2D eigenvalue weighted by Crippen LogP contribution is -2.37. The van der Waals surface area contributed by atoms with Gasteiger partial charge in [0.1, 0.15) is 0 Å². The number of anilines is 1. The normalized spacial score (nSPS) is 10.2. The monoisotopic (exact) mass is 189 g/mol. The Morgan fingerprint density at radius 3 is 3.08 bits per heavy atom. The molecule has 7 heteroatoms. The fraction of sp³-hybridized carbons (Fsp3) is 0.600. The smallest absolute Gasteiger partial charge is 0.315 e. The van der Waals surface area contributed by atoms with Crippen molar-refractivity contribution >= 4 is 18.2 Å². The van der Waals surface area contributed by atoms with Gasteiger partial charge in [-0.2, -0.15) is 10.1 Å². The standard InChI is InChI=1S/C5H11N5OS/c1-7-2-3-10(6)4-8-5(12)11-9-4/h7H,2-3,6H2,1H3,(H,8,9,12). The van der Waals surface area contributed by atoms with E-state index in [2.05, 4.69) is 27.7 Å². The summed E-state index contributed by atoms with van der Waals surface area (Å²) in [5.41, 5.74) is 0. The van der Waals surface area contributed by atoms with E-state index in [9.17, 15) is 0 Å². The molecule has 0 atom stereocenters. The SMILES string of the molecule is CNCCN(N)c1nc(=S)o[nH]1. The number of rotatable bonds is 4. The van der Waals surface area contributed by atoms with E-state index in [1.165, 1.54) is 5.01 Å². The van der Waals surface area contributed by atoms with Crippen molar-refractivity contribution in [3.05, 3.63) is 4.84 Å². The fourth-order valence-corrected chi connectivity index (χ4v) is 0.811. The average Bonchev–Trinajstić information content (AvgIpc) is 2.47. The summed E-state index contributed by atoms with van der Waals surface area (Å²) in [6, 6.07) is 0. The van der Waals surface area contributed by atoms with Crippen molar-refractivity contribution in [3.8, 4) is 0 Å². The van der Waals surface area contributed by atoms with Crippen molar-refractivity contribution in [1.29, 1.82) is 0 Å². The summed E-state index contributed by atoms with van der Waals surface area (Å²) in [6.45, 7) is 1.40. The van der Waals surface area contributed by atoms with Gasteiger partial charge in [0.15, 0.2) is 0 Å². The number of hydrogen-bond acceptors (Lipinski definition) is 6. The second-order valence-corrected chi connectivity index (χ2v) is 2.55. The number of aromatic nitrogens is 2. The third-order valence-electron chi connectivity index (χ3n) is 1.30. The van der Waals surface area contributed by atoms with Crippen LogP contribution in [0.25, 0.3) is 0 Å². The highest BCUT2D eigenvalue weighted by molar-refractivity contribution is 7.71. The van der Waals surface area contributed by atoms with E-state index in [-0.39, 0.29) is 4.84 Å². The molecule has 0 aromatic carbocycles. The molecule has 12 heavy (non-hydrogen) atoms. The average molecular weight is 189 g/mol. The molecule has 6 nitrogen and oxygen atoms in total. The zero-order valence-corrected chi connectivity index (χ0v) is 7.52. The van der Waals surface area contributed by atoms with Crippen LogP contribution in [-0.2, 0) is 0 Å². The fourth-order valence-electron chi connectivity index (χ4n) is 0.682. The number of likely N-dealkylation sites (N-methyl/N-ethyl adjacent to an activating group) is 1. The molecule has 0 saturated carbocycles. The predicted octanol–water partition coefficient (Wildman–Crippen LogP) is -0.368. The largest absolute Gasteiger partial charge is 0.346 e. The van der Waals surface area contributed by atoms with Crippen LogP contribution in [0.1, 0.15) is 0 Å². The van der Waals surface area contributed by atoms with Crippen molar-refractivity contribution < 1.29 is 4.52 Å². The van der Waals surface area contributed by atoms with Crippen LogP contribution in [0.5, 0.6) is 0 Å². The quantitative estimate of drug-likeness (QED) is 0.340. The molecule has 0 spiro atoms. The minimum atomic E-state index is 0.157. The van der Waals surface area contributed by atoms with Crippen LogP contribution in [0.2, 0.25) is 0 Å². The first-order chi connectivity index (χ1) is 5.74. The molecular formula is C5H11N5OS. The first kappa shape index (κ1) is 9.17. The molecule has 1 heterocycles. The molecule has 1 aromatic rings. The maximum atomic E-state index is 5.59. The summed E-state index contributed by atoms with van der Waals surface area (Å²) in [5.74, 6) is 6.03. The lowest BCUT2D eigenvalue weighted by molar-refractivity contribution is 0.404. The molecular weight excluding hydrogens is 178 g/mol. The van der Waals surface area contributed by atoms with Crippen LogP contribution < -0.4 is 16.2 Å². The van der Waals surface area contributed by atoms with Crippen molar-refractivity contribution in [3.63, 3.8) is 0 Å². The van der Waals surface area contributed by atoms with Gasteiger partial charge in [-0.25, -0.2) is 5.84 Å². The highest BCUT2D eigenvalue weighted by atomic mass is 32.1. The third-order valence-corrected chi connectivity index (χ3v) is 1.48. The van der Waals surface area contributed by atoms with Crippen LogP contribution in [0.3, 0.4) is 0 Å². The molecule has 4 N–H and O–H groups in total. The zero-order chi connectivity index (χ0) is 8.97. The number of hydrazine groups is 1. The Kier molecular flexibility index (Phi) is 3.20. The number of nitrogens with two attached hydrogens (primary N) is 1. The molecule has 0 amide bonds. The molecule has 68 valence electrons. The highest BCUT2D eigenvalue weighted by Crippen LogP contribution is 2.00. The summed E-state index contributed by atoms with van der Waals surface area (Å²) in [6.07, 6.45) is 0. The van der Waals surface area contributed by atoms with Crippen LogP contribution in [0.15, 0.2) is 4.52 Å². The minimum Gasteiger partial charge on any atom is -0.346 e. The summed E-state index contributed by atoms with van der Waals surface area (Å²) >= 11 is 4.66. The van der Waals surface area contributed by atoms with E-state index in [4.69, 9.17) is 10.4 Å². The van der Waals surface area contributed by atoms with Gasteiger partial charge in [-0.15, -0.1) is 0 Å². The number of aromatic amines is 1. The van der Waals surface area contributed by atoms with Gasteiger partial charge in [0, 0.05) is 13.1 Å². The van der Waals surface area contributed by atoms with E-state index in [0.29, 0.717) is 12.5 Å². The Bertz CT molecular complexity index is 281. The van der Waals surface area contributed by atoms with Crippen LogP contribution in [-0.4, -0.2) is 30.3 Å². The predicted molar refractivity (Wildman–Crippen MR) is 47.1 cm³/mol. The third kappa shape index (κ3) is 2.29. The molecule has 1 aromatic heterocycles. The zero-order valence-electron chi connectivity index (χ0n) is 6.70. The molecule has 1 rings (SSSR count). The Hall–Kier alpha value is -0.920. The van der Waals surface area contributed by atoms with E-state index in [0.717, 1.165) is 6.54 Å². The van der Waals surface area contributed by atoms with Crippen LogP contribution in [0, 0.1) is 4.84 Å². The van der Waals surface area contributed by atoms with Crippen LogP contribution >= 0.6 is 12.2 Å². The van der Waals surface area contributed by atoms with Gasteiger partial charge in [-0.1, -0.05) is 0 Å². The molecule has 0 aliphatic carbocycles. The van der Waals surface area contributed by atoms with Gasteiger partial charge < -0.3 is 9.84 Å². The van der Waals surface area contributed by atoms with E-state index >= 15 is 0 Å². The summed E-state index contributed by atoms with van der Waals surface area (Å²) in [5, 5.41) is 6.88. The molecule has 0 radical (unpaired) electrons. The summed E-state index contributed by atoms with van der Waals surface area (Å²) < 4.78 is 4.70. The Morgan fingerprint density at radius 2 is 2.58 bits per heavy atom. The van der Waals surface area contributed by atoms with Crippen molar-refractivity contribution in [2.45, 2.75) is 0 Å². The van der Waals surface area contributed by atoms with Crippen molar-refractivity contribution in [2.75, 3.05) is 25.1 Å². The van der Waals surface area contributed by atoms with Gasteiger partial charge in [0.05, 0.1) is 0 Å². The molecule has 0 aliphatic heterocycles. The van der Waals surface area contributed by atoms with E-state index < -0.39 is 0 Å². The lowest BCUT2D eigenvalue weighted by Gasteiger charge is -2.12. The maximum Gasteiger partial charge on any atom is 0.315 e. The minimum absolute atomic E-state index is 0.157. The van der Waals surface area contributed by atoms with Crippen LogP contribution in [0.4, 0.5) is 5.95 Å². The second-order valence-electron chi connectivity index (χ2n) is 2.20. The first-order valence-electron chi connectivity index (χ1n) is 3.46. The molecule has 0 bridgehead atoms. The Labute approximate surface area is 74.7 Å². The van der Waals surface area contributed by atoms with Gasteiger partial charge in [0.25, 0.3) is 5.95 Å². The van der Waals surface area contributed by atoms with Crippen molar-refractivity contribution in [2.24, 2.45) is 5.84 Å². The molecule has 0 fully saturated rings. The van der Waals surface area contributed by atoms with E-state index in [1.54, 1.807) is 0 Å². The van der Waals surface area contributed by atoms with Gasteiger partial charge in [-0.3, -0.25) is 5.01 Å². The number of H-pyrrole nitrogens is 1. The number of nitrogens with zero attached hydrogens (tertiary/aromatic N) is 2. The Balaban J connectivity index is 2.53. The lowest BCUT2D eigenvalue weighted by atomic mass is 10.6. The first-order valence-corrected chi connectivity index (χ1v) is 3.87. The van der Waals surface area contributed by atoms with E-state index in [1.807, 2.05) is 7.05 Å². The summed E-state index contributed by atoms with van der Waals surface area (Å²) in [4.78, 5) is 3.99. The second kappa shape index (κ2) is 4.19. The van der Waals surface area contributed by atoms with Gasteiger partial charge in [-0.05, 0) is 19.3 Å². The molecule has 0 saturated heterocycles. The highest BCUT2D eigenvalue weighted by Gasteiger charge is 2.03. The molecule has 0 unspecified atom stereocenters. The maximum absolute atomic E-state index is 5.59. The van der Waals surface area contributed by atoms with Gasteiger partial charge >= 0.3 is 4.84 Å². The summed E-state index contributed by atoms with van der Waals surface area (Å²) in [7, 11) is 1.85. The molecule has 0 aliphatic rings. The topological polar surface area (TPSA) is 83.1 Å². The Morgan fingerprint density at radius 1 is 1.83 bits per heavy atom. The van der Waals surface area contributed by atoms with Crippen molar-refractivity contribution in [1.82, 2.24) is 15.5 Å². The number of nitrogens with one attached hydrogen (secondary N) is 2. The number of hydrogen-bond donors (Lipinski definition) is 3. The van der Waals surface area contributed by atoms with Gasteiger partial charge in [0.2, 0.25) is 0 Å².